The zero-order valence-corrected chi connectivity index (χ0v) is 20.8. The van der Waals surface area contributed by atoms with Gasteiger partial charge in [-0.05, 0) is 77.9 Å². The lowest BCUT2D eigenvalue weighted by atomic mass is 10.0. The van der Waals surface area contributed by atoms with Crippen molar-refractivity contribution in [2.75, 3.05) is 0 Å². The third-order valence-electron chi connectivity index (χ3n) is 7.87. The minimum Gasteiger partial charge on any atom is -0.456 e. The number of benzene rings is 5. The van der Waals surface area contributed by atoms with E-state index >= 15 is 0 Å². The molecule has 4 aromatic heterocycles. The third kappa shape index (κ3) is 2.91. The standard InChI is InChI=1S/C35H20N2O2/c1-3-9-30-24(6-1)27-18-21(22-12-15-33-28(19-22)25-7-2-4-10-32(25)38-33)11-14-31(27)37(30)23-13-16-34-29(20-23)26-8-5-17-36-35(26)39-34/h1-20H. The summed E-state index contributed by atoms with van der Waals surface area (Å²) in [7, 11) is 0. The molecule has 0 atom stereocenters. The van der Waals surface area contributed by atoms with Crippen molar-refractivity contribution in [1.82, 2.24) is 9.55 Å². The number of para-hydroxylation sites is 2. The van der Waals surface area contributed by atoms with Crippen LogP contribution in [0.4, 0.5) is 0 Å². The lowest BCUT2D eigenvalue weighted by Crippen LogP contribution is -1.93. The van der Waals surface area contributed by atoms with Crippen LogP contribution >= 0.6 is 0 Å². The molecule has 4 heterocycles. The SMILES string of the molecule is c1ccc2c(c1)oc1ccc(-c3ccc4c(c3)c3ccccc3n4-c3ccc4oc5ncccc5c4c3)cc12. The molecule has 0 aliphatic carbocycles. The monoisotopic (exact) mass is 500 g/mol. The summed E-state index contributed by atoms with van der Waals surface area (Å²) in [6.45, 7) is 0. The van der Waals surface area contributed by atoms with E-state index in [1.807, 2.05) is 24.3 Å². The van der Waals surface area contributed by atoms with Crippen LogP contribution in [0.3, 0.4) is 0 Å². The van der Waals surface area contributed by atoms with E-state index in [-0.39, 0.29) is 0 Å². The van der Waals surface area contributed by atoms with Crippen LogP contribution in [0.1, 0.15) is 0 Å². The molecule has 0 N–H and O–H groups in total. The Hall–Kier alpha value is -5.35. The molecule has 0 unspecified atom stereocenters. The van der Waals surface area contributed by atoms with Crippen molar-refractivity contribution in [3.8, 4) is 16.8 Å². The molecule has 0 saturated carbocycles. The largest absolute Gasteiger partial charge is 0.456 e. The molecule has 9 aromatic rings. The highest BCUT2D eigenvalue weighted by atomic mass is 16.3. The van der Waals surface area contributed by atoms with Crippen LogP contribution in [0.15, 0.2) is 130 Å². The second-order valence-corrected chi connectivity index (χ2v) is 10.0. The molecule has 39 heavy (non-hydrogen) atoms. The Morgan fingerprint density at radius 2 is 1.13 bits per heavy atom. The number of aromatic nitrogens is 2. The molecule has 5 aromatic carbocycles. The van der Waals surface area contributed by atoms with Crippen molar-refractivity contribution in [2.24, 2.45) is 0 Å². The van der Waals surface area contributed by atoms with E-state index in [1.165, 1.54) is 32.9 Å². The number of fused-ring (bicyclic) bond motifs is 9. The first-order valence-corrected chi connectivity index (χ1v) is 13.0. The predicted octanol–water partition coefficient (Wildman–Crippen LogP) is 9.64. The quantitative estimate of drug-likeness (QED) is 0.237. The molecular formula is C35H20N2O2. The Balaban J connectivity index is 1.28. The lowest BCUT2D eigenvalue weighted by molar-refractivity contribution is 0.654. The molecule has 0 fully saturated rings. The number of hydrogen-bond acceptors (Lipinski definition) is 3. The highest BCUT2D eigenvalue weighted by molar-refractivity contribution is 6.12. The van der Waals surface area contributed by atoms with Crippen LogP contribution in [0.2, 0.25) is 0 Å². The van der Waals surface area contributed by atoms with Crippen LogP contribution < -0.4 is 0 Å². The summed E-state index contributed by atoms with van der Waals surface area (Å²) in [6, 6.07) is 40.5. The third-order valence-corrected chi connectivity index (χ3v) is 7.87. The molecule has 0 saturated heterocycles. The maximum Gasteiger partial charge on any atom is 0.227 e. The molecule has 182 valence electrons. The number of hydrogen-bond donors (Lipinski definition) is 0. The number of rotatable bonds is 2. The van der Waals surface area contributed by atoms with Crippen LogP contribution in [0.25, 0.3) is 82.6 Å². The fraction of sp³-hybridized carbons (Fsp3) is 0. The van der Waals surface area contributed by atoms with Crippen LogP contribution in [-0.2, 0) is 0 Å². The summed E-state index contributed by atoms with van der Waals surface area (Å²) in [6.07, 6.45) is 1.77. The fourth-order valence-electron chi connectivity index (χ4n) is 6.07. The zero-order valence-electron chi connectivity index (χ0n) is 20.8. The minimum absolute atomic E-state index is 0.666. The van der Waals surface area contributed by atoms with Crippen molar-refractivity contribution in [3.05, 3.63) is 121 Å². The average Bonchev–Trinajstić information content (AvgIpc) is 3.65. The second-order valence-electron chi connectivity index (χ2n) is 10.0. The average molecular weight is 501 g/mol. The first-order chi connectivity index (χ1) is 19.3. The summed E-state index contributed by atoms with van der Waals surface area (Å²) < 4.78 is 14.4. The fourth-order valence-corrected chi connectivity index (χ4v) is 6.07. The first-order valence-electron chi connectivity index (χ1n) is 13.0. The van der Waals surface area contributed by atoms with E-state index in [9.17, 15) is 0 Å². The van der Waals surface area contributed by atoms with E-state index in [0.29, 0.717) is 5.71 Å². The van der Waals surface area contributed by atoms with Crippen molar-refractivity contribution >= 4 is 65.8 Å². The minimum atomic E-state index is 0.666. The van der Waals surface area contributed by atoms with Gasteiger partial charge in [0.25, 0.3) is 0 Å². The number of furan rings is 2. The molecule has 0 spiro atoms. The van der Waals surface area contributed by atoms with Gasteiger partial charge in [0, 0.05) is 44.2 Å². The predicted molar refractivity (Wildman–Crippen MR) is 159 cm³/mol. The highest BCUT2D eigenvalue weighted by Gasteiger charge is 2.16. The Labute approximate surface area is 222 Å². The van der Waals surface area contributed by atoms with Gasteiger partial charge in [0.05, 0.1) is 11.0 Å². The van der Waals surface area contributed by atoms with Gasteiger partial charge >= 0.3 is 0 Å². The van der Waals surface area contributed by atoms with E-state index in [4.69, 9.17) is 8.83 Å². The first kappa shape index (κ1) is 20.7. The van der Waals surface area contributed by atoms with Gasteiger partial charge in [-0.15, -0.1) is 0 Å². The molecule has 0 radical (unpaired) electrons. The maximum absolute atomic E-state index is 6.06. The summed E-state index contributed by atoms with van der Waals surface area (Å²) in [5.41, 5.74) is 9.13. The Kier molecular flexibility index (Phi) is 4.02. The van der Waals surface area contributed by atoms with Gasteiger partial charge in [0.15, 0.2) is 0 Å². The molecule has 0 bridgehead atoms. The number of pyridine rings is 1. The summed E-state index contributed by atoms with van der Waals surface area (Å²) in [5, 5.41) is 6.82. The second kappa shape index (κ2) is 7.59. The van der Waals surface area contributed by atoms with Gasteiger partial charge in [0.2, 0.25) is 5.71 Å². The Morgan fingerprint density at radius 3 is 2.08 bits per heavy atom. The summed E-state index contributed by atoms with van der Waals surface area (Å²) in [4.78, 5) is 4.40. The van der Waals surface area contributed by atoms with Gasteiger partial charge < -0.3 is 13.4 Å². The molecule has 4 heteroatoms. The summed E-state index contributed by atoms with van der Waals surface area (Å²) in [5.74, 6) is 0. The molecule has 9 rings (SSSR count). The zero-order chi connectivity index (χ0) is 25.5. The van der Waals surface area contributed by atoms with Crippen LogP contribution in [0, 0.1) is 0 Å². The van der Waals surface area contributed by atoms with Gasteiger partial charge in [-0.25, -0.2) is 4.98 Å². The van der Waals surface area contributed by atoms with Crippen molar-refractivity contribution < 1.29 is 8.83 Å². The molecular weight excluding hydrogens is 480 g/mol. The molecule has 0 aliphatic heterocycles. The Morgan fingerprint density at radius 1 is 0.462 bits per heavy atom. The van der Waals surface area contributed by atoms with Gasteiger partial charge in [-0.1, -0.05) is 48.5 Å². The van der Waals surface area contributed by atoms with E-state index in [0.717, 1.165) is 44.0 Å². The lowest BCUT2D eigenvalue weighted by Gasteiger charge is -2.09. The highest BCUT2D eigenvalue weighted by Crippen LogP contribution is 2.38. The van der Waals surface area contributed by atoms with Crippen molar-refractivity contribution in [1.29, 1.82) is 0 Å². The molecule has 0 aliphatic rings. The van der Waals surface area contributed by atoms with Crippen molar-refractivity contribution in [3.63, 3.8) is 0 Å². The molecule has 0 amide bonds. The van der Waals surface area contributed by atoms with Crippen molar-refractivity contribution in [2.45, 2.75) is 0 Å². The summed E-state index contributed by atoms with van der Waals surface area (Å²) >= 11 is 0. The topological polar surface area (TPSA) is 44.1 Å². The molecule has 4 nitrogen and oxygen atoms in total. The van der Waals surface area contributed by atoms with E-state index in [2.05, 4.69) is 101 Å². The van der Waals surface area contributed by atoms with E-state index in [1.54, 1.807) is 6.20 Å². The van der Waals surface area contributed by atoms with Crippen LogP contribution in [-0.4, -0.2) is 9.55 Å². The van der Waals surface area contributed by atoms with E-state index < -0.39 is 0 Å². The number of nitrogens with zero attached hydrogens (tertiary/aromatic N) is 2. The smallest absolute Gasteiger partial charge is 0.227 e. The van der Waals surface area contributed by atoms with Gasteiger partial charge in [-0.3, -0.25) is 0 Å². The van der Waals surface area contributed by atoms with Gasteiger partial charge in [0.1, 0.15) is 16.7 Å². The van der Waals surface area contributed by atoms with Crippen LogP contribution in [0.5, 0.6) is 0 Å². The normalized spacial score (nSPS) is 12.1. The maximum atomic E-state index is 6.06. The van der Waals surface area contributed by atoms with Gasteiger partial charge in [-0.2, -0.15) is 0 Å². The Bertz CT molecular complexity index is 2400.